The number of hydrogen-bond donors (Lipinski definition) is 3. The van der Waals surface area contributed by atoms with E-state index in [1.807, 2.05) is 39.8 Å². The van der Waals surface area contributed by atoms with Crippen molar-refractivity contribution >= 4 is 36.7 Å². The lowest BCUT2D eigenvalue weighted by Crippen LogP contribution is -2.23. The standard InChI is InChI=1S/C19H25N3O2.CH3B/c1-5-11(3)17(15(20)6-2)19(24)21-14-9-12(4)18-13(10-14)7-8-16(23)22-18;1-2/h9-10,20H,5-8H2,1-4H3,(H,21,24)(H,22,23);1H3. The van der Waals surface area contributed by atoms with Gasteiger partial charge in [0, 0.05) is 23.5 Å². The van der Waals surface area contributed by atoms with Gasteiger partial charge in [-0.1, -0.05) is 26.2 Å². The van der Waals surface area contributed by atoms with Gasteiger partial charge in [0.15, 0.2) is 0 Å². The Morgan fingerprint density at radius 1 is 1.23 bits per heavy atom. The van der Waals surface area contributed by atoms with Crippen molar-refractivity contribution in [1.82, 2.24) is 0 Å². The molecule has 0 bridgehead atoms. The van der Waals surface area contributed by atoms with E-state index in [1.165, 1.54) is 6.82 Å². The molecule has 1 aromatic carbocycles. The summed E-state index contributed by atoms with van der Waals surface area (Å²) in [5, 5.41) is 13.9. The van der Waals surface area contributed by atoms with Gasteiger partial charge in [-0.2, -0.15) is 0 Å². The number of fused-ring (bicyclic) bond motifs is 1. The monoisotopic (exact) mass is 353 g/mol. The van der Waals surface area contributed by atoms with E-state index in [0.717, 1.165) is 28.8 Å². The van der Waals surface area contributed by atoms with Crippen molar-refractivity contribution in [2.45, 2.75) is 60.2 Å². The smallest absolute Gasteiger partial charge is 0.257 e. The Kier molecular flexibility index (Phi) is 8.29. The van der Waals surface area contributed by atoms with E-state index in [9.17, 15) is 9.59 Å². The molecule has 1 aliphatic rings. The first-order chi connectivity index (χ1) is 12.4. The first-order valence-electron chi connectivity index (χ1n) is 8.97. The molecule has 6 heteroatoms. The summed E-state index contributed by atoms with van der Waals surface area (Å²) in [4.78, 5) is 24.2. The normalized spacial score (nSPS) is 13.5. The number of carbonyl (C=O) groups excluding carboxylic acids is 2. The van der Waals surface area contributed by atoms with Gasteiger partial charge in [-0.25, -0.2) is 0 Å². The largest absolute Gasteiger partial charge is 0.326 e. The summed E-state index contributed by atoms with van der Waals surface area (Å²) in [5.74, 6) is -0.206. The lowest BCUT2D eigenvalue weighted by atomic mass is 9.97. The highest BCUT2D eigenvalue weighted by Gasteiger charge is 2.20. The first-order valence-corrected chi connectivity index (χ1v) is 8.97. The predicted octanol–water partition coefficient (Wildman–Crippen LogP) is 4.18. The van der Waals surface area contributed by atoms with Gasteiger partial charge < -0.3 is 16.0 Å². The molecule has 0 spiro atoms. The Morgan fingerprint density at radius 3 is 2.46 bits per heavy atom. The third-order valence-corrected chi connectivity index (χ3v) is 4.40. The molecule has 26 heavy (non-hydrogen) atoms. The van der Waals surface area contributed by atoms with Gasteiger partial charge in [0.2, 0.25) is 5.91 Å². The Labute approximate surface area is 157 Å². The number of allylic oxidation sites excluding steroid dienone is 1. The van der Waals surface area contributed by atoms with Crippen LogP contribution in [0.5, 0.6) is 0 Å². The van der Waals surface area contributed by atoms with Crippen molar-refractivity contribution < 1.29 is 9.59 Å². The Balaban J connectivity index is 0.00000163. The number of amides is 2. The number of benzene rings is 1. The Hall–Kier alpha value is -2.37. The SMILES string of the molecule is CCC(=N)C(C(=O)Nc1cc(C)c2c(c1)CCC(=O)N2)=C(C)CC.[B]C. The summed E-state index contributed by atoms with van der Waals surface area (Å²) in [6, 6.07) is 3.77. The molecule has 2 radical (unpaired) electrons. The van der Waals surface area contributed by atoms with Crippen LogP contribution in [-0.2, 0) is 16.0 Å². The lowest BCUT2D eigenvalue weighted by Gasteiger charge is -2.21. The zero-order chi connectivity index (χ0) is 19.9. The first kappa shape index (κ1) is 21.7. The second-order valence-electron chi connectivity index (χ2n) is 6.17. The summed E-state index contributed by atoms with van der Waals surface area (Å²) in [5.41, 5.74) is 5.27. The van der Waals surface area contributed by atoms with Crippen molar-refractivity contribution in [2.75, 3.05) is 10.6 Å². The van der Waals surface area contributed by atoms with Gasteiger partial charge in [0.05, 0.1) is 13.4 Å². The number of rotatable bonds is 5. The van der Waals surface area contributed by atoms with Crippen LogP contribution in [0.2, 0.25) is 6.82 Å². The van der Waals surface area contributed by atoms with Gasteiger partial charge in [-0.05, 0) is 56.4 Å². The van der Waals surface area contributed by atoms with Crippen LogP contribution < -0.4 is 10.6 Å². The topological polar surface area (TPSA) is 82.1 Å². The summed E-state index contributed by atoms with van der Waals surface area (Å²) >= 11 is 0. The second-order valence-corrected chi connectivity index (χ2v) is 6.17. The van der Waals surface area contributed by atoms with E-state index in [1.54, 1.807) is 0 Å². The summed E-state index contributed by atoms with van der Waals surface area (Å²) in [6.07, 6.45) is 2.40. The van der Waals surface area contributed by atoms with E-state index < -0.39 is 0 Å². The summed E-state index contributed by atoms with van der Waals surface area (Å²) in [6.45, 7) is 9.18. The molecule has 1 heterocycles. The van der Waals surface area contributed by atoms with Crippen LogP contribution in [0.25, 0.3) is 0 Å². The molecule has 0 unspecified atom stereocenters. The molecule has 0 aromatic heterocycles. The molecule has 0 atom stereocenters. The molecular formula is C20H28BN3O2. The number of anilines is 2. The molecule has 2 amide bonds. The molecule has 1 aliphatic heterocycles. The lowest BCUT2D eigenvalue weighted by molar-refractivity contribution is -0.116. The van der Waals surface area contributed by atoms with Crippen LogP contribution in [0.4, 0.5) is 11.4 Å². The van der Waals surface area contributed by atoms with E-state index in [2.05, 4.69) is 18.5 Å². The maximum atomic E-state index is 12.7. The second kappa shape index (κ2) is 9.95. The molecule has 0 fully saturated rings. The van der Waals surface area contributed by atoms with Gasteiger partial charge >= 0.3 is 0 Å². The fourth-order valence-corrected chi connectivity index (χ4v) is 2.89. The maximum absolute atomic E-state index is 12.7. The molecule has 5 nitrogen and oxygen atoms in total. The zero-order valence-corrected chi connectivity index (χ0v) is 16.4. The molecular weight excluding hydrogens is 325 g/mol. The minimum atomic E-state index is -0.236. The molecule has 2 rings (SSSR count). The van der Waals surface area contributed by atoms with E-state index in [-0.39, 0.29) is 11.8 Å². The third-order valence-electron chi connectivity index (χ3n) is 4.40. The van der Waals surface area contributed by atoms with Gasteiger partial charge in [0.1, 0.15) is 0 Å². The third kappa shape index (κ3) is 5.07. The Morgan fingerprint density at radius 2 is 1.88 bits per heavy atom. The predicted molar refractivity (Wildman–Crippen MR) is 109 cm³/mol. The highest BCUT2D eigenvalue weighted by Crippen LogP contribution is 2.30. The van der Waals surface area contributed by atoms with Crippen molar-refractivity contribution in [2.24, 2.45) is 0 Å². The minimum Gasteiger partial charge on any atom is -0.326 e. The van der Waals surface area contributed by atoms with Crippen LogP contribution in [-0.4, -0.2) is 25.4 Å². The van der Waals surface area contributed by atoms with Gasteiger partial charge in [0.25, 0.3) is 5.91 Å². The van der Waals surface area contributed by atoms with Crippen molar-refractivity contribution in [3.8, 4) is 0 Å². The molecule has 1 aromatic rings. The van der Waals surface area contributed by atoms with Crippen LogP contribution in [0, 0.1) is 12.3 Å². The van der Waals surface area contributed by atoms with Gasteiger partial charge in [-0.15, -0.1) is 0 Å². The fourth-order valence-electron chi connectivity index (χ4n) is 2.89. The quantitative estimate of drug-likeness (QED) is 0.422. The average Bonchev–Trinajstić information content (AvgIpc) is 2.63. The molecule has 0 aliphatic carbocycles. The number of aryl methyl sites for hydroxylation is 2. The fraction of sp³-hybridized carbons (Fsp3) is 0.450. The van der Waals surface area contributed by atoms with Crippen molar-refractivity contribution in [1.29, 1.82) is 5.41 Å². The zero-order valence-electron chi connectivity index (χ0n) is 16.4. The van der Waals surface area contributed by atoms with Crippen LogP contribution in [0.15, 0.2) is 23.3 Å². The van der Waals surface area contributed by atoms with E-state index in [0.29, 0.717) is 36.2 Å². The summed E-state index contributed by atoms with van der Waals surface area (Å²) in [7, 11) is 4.50. The molecule has 138 valence electrons. The number of hydrogen-bond acceptors (Lipinski definition) is 3. The van der Waals surface area contributed by atoms with Crippen LogP contribution in [0.1, 0.15) is 51.2 Å². The number of carbonyl (C=O) groups is 2. The Bertz CT molecular complexity index is 739. The number of nitrogens with one attached hydrogen (secondary N) is 3. The van der Waals surface area contributed by atoms with Gasteiger partial charge in [-0.3, -0.25) is 9.59 Å². The van der Waals surface area contributed by atoms with E-state index in [4.69, 9.17) is 5.41 Å². The maximum Gasteiger partial charge on any atom is 0.257 e. The van der Waals surface area contributed by atoms with Crippen LogP contribution >= 0.6 is 0 Å². The van der Waals surface area contributed by atoms with Crippen molar-refractivity contribution in [3.63, 3.8) is 0 Å². The molecule has 0 saturated carbocycles. The molecule has 0 saturated heterocycles. The summed E-state index contributed by atoms with van der Waals surface area (Å²) < 4.78 is 0. The average molecular weight is 353 g/mol. The highest BCUT2D eigenvalue weighted by molar-refractivity contribution is 6.24. The van der Waals surface area contributed by atoms with Crippen LogP contribution in [0.3, 0.4) is 0 Å². The molecule has 3 N–H and O–H groups in total. The highest BCUT2D eigenvalue weighted by atomic mass is 16.2. The minimum absolute atomic E-state index is 0.0302. The van der Waals surface area contributed by atoms with Crippen molar-refractivity contribution in [3.05, 3.63) is 34.4 Å². The van der Waals surface area contributed by atoms with E-state index >= 15 is 0 Å².